The van der Waals surface area contributed by atoms with Gasteiger partial charge >= 0.3 is 0 Å². The summed E-state index contributed by atoms with van der Waals surface area (Å²) in [6.07, 6.45) is 0.944. The predicted molar refractivity (Wildman–Crippen MR) is 73.9 cm³/mol. The Morgan fingerprint density at radius 2 is 2.29 bits per heavy atom. The molecule has 0 aliphatic carbocycles. The summed E-state index contributed by atoms with van der Waals surface area (Å²) in [5.41, 5.74) is 2.64. The standard InChI is InChI=1S/C14H20BrNO/c1-10-7-12(3-4-14(10)15)8-16-6-5-13(9-16)11(2)17/h3-4,7,11,13,17H,5-6,8-9H2,1-2H3. The number of likely N-dealkylation sites (tertiary alicyclic amines) is 1. The first-order valence-corrected chi connectivity index (χ1v) is 7.01. The fourth-order valence-corrected chi connectivity index (χ4v) is 2.71. The van der Waals surface area contributed by atoms with Gasteiger partial charge in [-0.15, -0.1) is 0 Å². The summed E-state index contributed by atoms with van der Waals surface area (Å²) in [6.45, 7) is 7.14. The van der Waals surface area contributed by atoms with Crippen molar-refractivity contribution in [3.05, 3.63) is 33.8 Å². The number of aliphatic hydroxyl groups excluding tert-OH is 1. The van der Waals surface area contributed by atoms with Crippen LogP contribution in [0.25, 0.3) is 0 Å². The van der Waals surface area contributed by atoms with Crippen LogP contribution in [-0.2, 0) is 6.54 Å². The molecular formula is C14H20BrNO. The number of hydrogen-bond donors (Lipinski definition) is 1. The number of rotatable bonds is 3. The second-order valence-electron chi connectivity index (χ2n) is 5.11. The highest BCUT2D eigenvalue weighted by Crippen LogP contribution is 2.23. The van der Waals surface area contributed by atoms with E-state index in [4.69, 9.17) is 0 Å². The molecule has 2 rings (SSSR count). The monoisotopic (exact) mass is 297 g/mol. The van der Waals surface area contributed by atoms with Gasteiger partial charge in [-0.2, -0.15) is 0 Å². The normalized spacial score (nSPS) is 22.9. The number of aliphatic hydroxyl groups is 1. The van der Waals surface area contributed by atoms with Gasteiger partial charge in [-0.25, -0.2) is 0 Å². The van der Waals surface area contributed by atoms with Gasteiger partial charge in [0.15, 0.2) is 0 Å². The molecule has 1 aromatic carbocycles. The summed E-state index contributed by atoms with van der Waals surface area (Å²) in [4.78, 5) is 2.43. The number of hydrogen-bond acceptors (Lipinski definition) is 2. The first-order valence-electron chi connectivity index (χ1n) is 6.21. The van der Waals surface area contributed by atoms with Crippen LogP contribution < -0.4 is 0 Å². The summed E-state index contributed by atoms with van der Waals surface area (Å²) in [5.74, 6) is 0.451. The van der Waals surface area contributed by atoms with E-state index in [0.717, 1.165) is 26.1 Å². The highest BCUT2D eigenvalue weighted by Gasteiger charge is 2.25. The molecule has 3 heteroatoms. The van der Waals surface area contributed by atoms with Crippen molar-refractivity contribution in [2.24, 2.45) is 5.92 Å². The van der Waals surface area contributed by atoms with Crippen molar-refractivity contribution >= 4 is 15.9 Å². The molecule has 0 radical (unpaired) electrons. The van der Waals surface area contributed by atoms with Crippen LogP contribution in [0.2, 0.25) is 0 Å². The topological polar surface area (TPSA) is 23.5 Å². The highest BCUT2D eigenvalue weighted by atomic mass is 79.9. The Bertz CT molecular complexity index is 392. The Hall–Kier alpha value is -0.380. The summed E-state index contributed by atoms with van der Waals surface area (Å²) in [6, 6.07) is 6.53. The Morgan fingerprint density at radius 3 is 2.88 bits per heavy atom. The van der Waals surface area contributed by atoms with Crippen LogP contribution in [0.3, 0.4) is 0 Å². The number of aryl methyl sites for hydroxylation is 1. The van der Waals surface area contributed by atoms with Crippen LogP contribution in [0.1, 0.15) is 24.5 Å². The quantitative estimate of drug-likeness (QED) is 0.927. The number of halogens is 1. The van der Waals surface area contributed by atoms with E-state index in [9.17, 15) is 5.11 Å². The van der Waals surface area contributed by atoms with Crippen molar-refractivity contribution in [3.8, 4) is 0 Å². The van der Waals surface area contributed by atoms with Crippen LogP contribution in [0.5, 0.6) is 0 Å². The first-order chi connectivity index (χ1) is 8.06. The zero-order valence-corrected chi connectivity index (χ0v) is 12.1. The van der Waals surface area contributed by atoms with Gasteiger partial charge in [0, 0.05) is 17.6 Å². The molecule has 2 nitrogen and oxygen atoms in total. The van der Waals surface area contributed by atoms with Crippen molar-refractivity contribution in [1.29, 1.82) is 0 Å². The molecule has 94 valence electrons. The summed E-state index contributed by atoms with van der Waals surface area (Å²) in [5, 5.41) is 9.58. The van der Waals surface area contributed by atoms with E-state index in [1.54, 1.807) is 0 Å². The van der Waals surface area contributed by atoms with E-state index in [1.807, 2.05) is 6.92 Å². The van der Waals surface area contributed by atoms with E-state index in [2.05, 4.69) is 46.0 Å². The van der Waals surface area contributed by atoms with Crippen molar-refractivity contribution < 1.29 is 5.11 Å². The molecule has 1 saturated heterocycles. The molecule has 2 atom stereocenters. The zero-order chi connectivity index (χ0) is 12.4. The van der Waals surface area contributed by atoms with E-state index in [0.29, 0.717) is 5.92 Å². The van der Waals surface area contributed by atoms with Crippen LogP contribution >= 0.6 is 15.9 Å². The van der Waals surface area contributed by atoms with E-state index in [-0.39, 0.29) is 6.10 Å². The summed E-state index contributed by atoms with van der Waals surface area (Å²) >= 11 is 3.52. The molecule has 1 aliphatic rings. The Balaban J connectivity index is 1.96. The Labute approximate surface area is 112 Å². The third-order valence-corrected chi connectivity index (χ3v) is 4.51. The molecule has 0 spiro atoms. The third kappa shape index (κ3) is 3.30. The molecule has 0 bridgehead atoms. The lowest BCUT2D eigenvalue weighted by Crippen LogP contribution is -2.23. The van der Waals surface area contributed by atoms with Crippen molar-refractivity contribution in [3.63, 3.8) is 0 Å². The van der Waals surface area contributed by atoms with Crippen LogP contribution in [0.15, 0.2) is 22.7 Å². The summed E-state index contributed by atoms with van der Waals surface area (Å²) < 4.78 is 1.17. The third-order valence-electron chi connectivity index (χ3n) is 3.62. The largest absolute Gasteiger partial charge is 0.393 e. The van der Waals surface area contributed by atoms with Gasteiger partial charge in [-0.05, 0) is 49.9 Å². The lowest BCUT2D eigenvalue weighted by atomic mass is 10.0. The maximum Gasteiger partial charge on any atom is 0.0552 e. The number of nitrogens with zero attached hydrogens (tertiary/aromatic N) is 1. The van der Waals surface area contributed by atoms with Gasteiger partial charge in [0.1, 0.15) is 0 Å². The second kappa shape index (κ2) is 5.51. The minimum absolute atomic E-state index is 0.174. The van der Waals surface area contributed by atoms with Gasteiger partial charge in [0.25, 0.3) is 0 Å². The van der Waals surface area contributed by atoms with Gasteiger partial charge in [0.05, 0.1) is 6.10 Å². The summed E-state index contributed by atoms with van der Waals surface area (Å²) in [7, 11) is 0. The van der Waals surface area contributed by atoms with E-state index < -0.39 is 0 Å². The van der Waals surface area contributed by atoms with Gasteiger partial charge in [-0.3, -0.25) is 4.90 Å². The molecular weight excluding hydrogens is 278 g/mol. The van der Waals surface area contributed by atoms with Crippen LogP contribution in [-0.4, -0.2) is 29.2 Å². The molecule has 0 saturated carbocycles. The van der Waals surface area contributed by atoms with Gasteiger partial charge in [-0.1, -0.05) is 28.1 Å². The van der Waals surface area contributed by atoms with Crippen molar-refractivity contribution in [2.45, 2.75) is 32.9 Å². The SMILES string of the molecule is Cc1cc(CN2CCC(C(C)O)C2)ccc1Br. The first kappa shape index (κ1) is 13.1. The van der Waals surface area contributed by atoms with Crippen molar-refractivity contribution in [1.82, 2.24) is 4.90 Å². The zero-order valence-electron chi connectivity index (χ0n) is 10.5. The minimum Gasteiger partial charge on any atom is -0.393 e. The lowest BCUT2D eigenvalue weighted by molar-refractivity contribution is 0.127. The lowest BCUT2D eigenvalue weighted by Gasteiger charge is -2.17. The number of benzene rings is 1. The molecule has 0 amide bonds. The fraction of sp³-hybridized carbons (Fsp3) is 0.571. The van der Waals surface area contributed by atoms with Crippen molar-refractivity contribution in [2.75, 3.05) is 13.1 Å². The molecule has 0 aromatic heterocycles. The molecule has 1 aromatic rings. The van der Waals surface area contributed by atoms with Crippen LogP contribution in [0, 0.1) is 12.8 Å². The fourth-order valence-electron chi connectivity index (χ4n) is 2.46. The average molecular weight is 298 g/mol. The van der Waals surface area contributed by atoms with Gasteiger partial charge < -0.3 is 5.11 Å². The molecule has 17 heavy (non-hydrogen) atoms. The van der Waals surface area contributed by atoms with Crippen LogP contribution in [0.4, 0.5) is 0 Å². The Kier molecular flexibility index (Phi) is 4.23. The molecule has 1 heterocycles. The maximum atomic E-state index is 9.58. The predicted octanol–water partition coefficient (Wildman–Crippen LogP) is 2.96. The average Bonchev–Trinajstić information content (AvgIpc) is 2.72. The van der Waals surface area contributed by atoms with Gasteiger partial charge in [0.2, 0.25) is 0 Å². The molecule has 1 N–H and O–H groups in total. The van der Waals surface area contributed by atoms with E-state index in [1.165, 1.54) is 15.6 Å². The highest BCUT2D eigenvalue weighted by molar-refractivity contribution is 9.10. The molecule has 1 aliphatic heterocycles. The minimum atomic E-state index is -0.174. The molecule has 1 fully saturated rings. The maximum absolute atomic E-state index is 9.58. The molecule has 2 unspecified atom stereocenters. The Morgan fingerprint density at radius 1 is 1.53 bits per heavy atom. The smallest absolute Gasteiger partial charge is 0.0552 e. The van der Waals surface area contributed by atoms with E-state index >= 15 is 0 Å². The second-order valence-corrected chi connectivity index (χ2v) is 5.96.